The van der Waals surface area contributed by atoms with Crippen LogP contribution in [0.3, 0.4) is 0 Å². The molecule has 0 aromatic heterocycles. The van der Waals surface area contributed by atoms with Crippen molar-refractivity contribution in [1.82, 2.24) is 10.2 Å². The molecule has 1 aromatic rings. The highest BCUT2D eigenvalue weighted by Gasteiger charge is 2.35. The van der Waals surface area contributed by atoms with Crippen LogP contribution in [0.1, 0.15) is 38.2 Å². The third-order valence-corrected chi connectivity index (χ3v) is 4.80. The van der Waals surface area contributed by atoms with Crippen LogP contribution in [0.25, 0.3) is 0 Å². The molecule has 1 aliphatic rings. The van der Waals surface area contributed by atoms with Gasteiger partial charge < -0.3 is 15.3 Å². The maximum absolute atomic E-state index is 8.98. The van der Waals surface area contributed by atoms with Crippen LogP contribution in [0, 0.1) is 0 Å². The summed E-state index contributed by atoms with van der Waals surface area (Å²) in [6, 6.07) is 11.4. The number of nitrogens with one attached hydrogen (secondary N) is 1. The van der Waals surface area contributed by atoms with Gasteiger partial charge in [-0.15, -0.1) is 0 Å². The summed E-state index contributed by atoms with van der Waals surface area (Å²) in [6.07, 6.45) is 5.27. The zero-order chi connectivity index (χ0) is 15.1. The van der Waals surface area contributed by atoms with Gasteiger partial charge in [-0.1, -0.05) is 43.2 Å². The van der Waals surface area contributed by atoms with E-state index in [0.717, 1.165) is 19.6 Å². The number of hydrogen-bond acceptors (Lipinski definition) is 3. The molecule has 2 N–H and O–H groups in total. The topological polar surface area (TPSA) is 35.5 Å². The molecule has 118 valence electrons. The molecule has 1 fully saturated rings. The SMILES string of the molecule is CC(CN(C)CCO)NCC1(c2ccccc2)CCCC1. The number of rotatable bonds is 8. The fourth-order valence-corrected chi connectivity index (χ4v) is 3.57. The molecule has 0 spiro atoms. The lowest BCUT2D eigenvalue weighted by atomic mass is 9.78. The number of hydrogen-bond donors (Lipinski definition) is 2. The predicted octanol–water partition coefficient (Wildman–Crippen LogP) is 2.40. The Morgan fingerprint density at radius 2 is 1.90 bits per heavy atom. The molecule has 21 heavy (non-hydrogen) atoms. The molecule has 0 amide bonds. The van der Waals surface area contributed by atoms with E-state index in [0.29, 0.717) is 11.5 Å². The number of benzene rings is 1. The molecule has 0 heterocycles. The zero-order valence-electron chi connectivity index (χ0n) is 13.5. The van der Waals surface area contributed by atoms with Crippen LogP contribution >= 0.6 is 0 Å². The van der Waals surface area contributed by atoms with Gasteiger partial charge in [0, 0.05) is 31.1 Å². The Hall–Kier alpha value is -0.900. The summed E-state index contributed by atoms with van der Waals surface area (Å²) >= 11 is 0. The molecule has 1 saturated carbocycles. The normalized spacial score (nSPS) is 19.0. The van der Waals surface area contributed by atoms with E-state index in [4.69, 9.17) is 5.11 Å². The molecule has 0 bridgehead atoms. The van der Waals surface area contributed by atoms with Crippen molar-refractivity contribution in [3.05, 3.63) is 35.9 Å². The Morgan fingerprint density at radius 1 is 1.24 bits per heavy atom. The maximum Gasteiger partial charge on any atom is 0.0558 e. The van der Waals surface area contributed by atoms with E-state index in [1.165, 1.54) is 31.2 Å². The standard InChI is InChI=1S/C18H30N2O/c1-16(14-20(2)12-13-21)19-15-18(10-6-7-11-18)17-8-4-3-5-9-17/h3-5,8-9,16,19,21H,6-7,10-15H2,1-2H3. The van der Waals surface area contributed by atoms with Gasteiger partial charge >= 0.3 is 0 Å². The molecule has 1 unspecified atom stereocenters. The smallest absolute Gasteiger partial charge is 0.0558 e. The Bertz CT molecular complexity index is 401. The Labute approximate surface area is 129 Å². The molecule has 0 aliphatic heterocycles. The number of aliphatic hydroxyl groups is 1. The minimum absolute atomic E-state index is 0.233. The first kappa shape index (κ1) is 16.5. The van der Waals surface area contributed by atoms with Gasteiger partial charge in [-0.25, -0.2) is 0 Å². The average molecular weight is 290 g/mol. The highest BCUT2D eigenvalue weighted by Crippen LogP contribution is 2.40. The summed E-state index contributed by atoms with van der Waals surface area (Å²) in [5, 5.41) is 12.7. The van der Waals surface area contributed by atoms with Crippen LogP contribution in [0.2, 0.25) is 0 Å². The second kappa shape index (κ2) is 7.92. The van der Waals surface area contributed by atoms with Crippen LogP contribution in [0.5, 0.6) is 0 Å². The largest absolute Gasteiger partial charge is 0.395 e. The number of likely N-dealkylation sites (N-methyl/N-ethyl adjacent to an activating group) is 1. The first-order chi connectivity index (χ1) is 10.2. The Kier molecular flexibility index (Phi) is 6.22. The molecule has 0 saturated heterocycles. The molecule has 2 rings (SSSR count). The van der Waals surface area contributed by atoms with Crippen LogP contribution < -0.4 is 5.32 Å². The van der Waals surface area contributed by atoms with Crippen molar-refractivity contribution in [2.45, 2.75) is 44.1 Å². The molecule has 0 radical (unpaired) electrons. The van der Waals surface area contributed by atoms with Crippen LogP contribution in [-0.2, 0) is 5.41 Å². The average Bonchev–Trinajstić information content (AvgIpc) is 2.96. The third kappa shape index (κ3) is 4.53. The zero-order valence-corrected chi connectivity index (χ0v) is 13.5. The van der Waals surface area contributed by atoms with E-state index in [1.807, 2.05) is 0 Å². The Balaban J connectivity index is 1.92. The van der Waals surface area contributed by atoms with E-state index in [-0.39, 0.29) is 6.61 Å². The first-order valence-corrected chi connectivity index (χ1v) is 8.25. The van der Waals surface area contributed by atoms with Crippen LogP contribution in [0.4, 0.5) is 0 Å². The quantitative estimate of drug-likeness (QED) is 0.772. The van der Waals surface area contributed by atoms with Crippen molar-refractivity contribution in [2.24, 2.45) is 0 Å². The summed E-state index contributed by atoms with van der Waals surface area (Å²) in [4.78, 5) is 2.18. The molecule has 3 nitrogen and oxygen atoms in total. The minimum atomic E-state index is 0.233. The molecule has 1 aliphatic carbocycles. The van der Waals surface area contributed by atoms with Gasteiger partial charge in [0.2, 0.25) is 0 Å². The minimum Gasteiger partial charge on any atom is -0.395 e. The fourth-order valence-electron chi connectivity index (χ4n) is 3.57. The fraction of sp³-hybridized carbons (Fsp3) is 0.667. The van der Waals surface area contributed by atoms with E-state index in [1.54, 1.807) is 0 Å². The number of nitrogens with zero attached hydrogens (tertiary/aromatic N) is 1. The lowest BCUT2D eigenvalue weighted by molar-refractivity contribution is 0.208. The second-order valence-electron chi connectivity index (χ2n) is 6.62. The maximum atomic E-state index is 8.98. The first-order valence-electron chi connectivity index (χ1n) is 8.25. The summed E-state index contributed by atoms with van der Waals surface area (Å²) in [5.74, 6) is 0. The van der Waals surface area contributed by atoms with Gasteiger partial charge in [-0.05, 0) is 32.4 Å². The van der Waals surface area contributed by atoms with E-state index < -0.39 is 0 Å². The highest BCUT2D eigenvalue weighted by atomic mass is 16.3. The molecular weight excluding hydrogens is 260 g/mol. The van der Waals surface area contributed by atoms with Crippen molar-refractivity contribution in [2.75, 3.05) is 33.3 Å². The van der Waals surface area contributed by atoms with Gasteiger partial charge in [0.25, 0.3) is 0 Å². The van der Waals surface area contributed by atoms with Crippen molar-refractivity contribution in [3.63, 3.8) is 0 Å². The monoisotopic (exact) mass is 290 g/mol. The van der Waals surface area contributed by atoms with Gasteiger partial charge in [-0.2, -0.15) is 0 Å². The molecule has 1 aromatic carbocycles. The predicted molar refractivity (Wildman–Crippen MR) is 88.6 cm³/mol. The summed E-state index contributed by atoms with van der Waals surface area (Å²) in [5.41, 5.74) is 1.82. The Morgan fingerprint density at radius 3 is 2.52 bits per heavy atom. The lowest BCUT2D eigenvalue weighted by Crippen LogP contribution is -2.44. The van der Waals surface area contributed by atoms with Crippen LogP contribution in [-0.4, -0.2) is 49.3 Å². The molecule has 3 heteroatoms. The molecule has 1 atom stereocenters. The van der Waals surface area contributed by atoms with E-state index >= 15 is 0 Å². The van der Waals surface area contributed by atoms with E-state index in [2.05, 4.69) is 54.5 Å². The summed E-state index contributed by atoms with van der Waals surface area (Å²) in [6.45, 7) is 5.26. The number of aliphatic hydroxyl groups excluding tert-OH is 1. The third-order valence-electron chi connectivity index (χ3n) is 4.80. The van der Waals surface area contributed by atoms with Crippen molar-refractivity contribution >= 4 is 0 Å². The van der Waals surface area contributed by atoms with Gasteiger partial charge in [-0.3, -0.25) is 0 Å². The van der Waals surface area contributed by atoms with Crippen molar-refractivity contribution in [3.8, 4) is 0 Å². The van der Waals surface area contributed by atoms with E-state index in [9.17, 15) is 0 Å². The van der Waals surface area contributed by atoms with Crippen LogP contribution in [0.15, 0.2) is 30.3 Å². The van der Waals surface area contributed by atoms with Gasteiger partial charge in [0.05, 0.1) is 6.61 Å². The van der Waals surface area contributed by atoms with Crippen molar-refractivity contribution < 1.29 is 5.11 Å². The lowest BCUT2D eigenvalue weighted by Gasteiger charge is -2.32. The second-order valence-corrected chi connectivity index (χ2v) is 6.62. The van der Waals surface area contributed by atoms with Gasteiger partial charge in [0.15, 0.2) is 0 Å². The highest BCUT2D eigenvalue weighted by molar-refractivity contribution is 5.27. The van der Waals surface area contributed by atoms with Gasteiger partial charge in [0.1, 0.15) is 0 Å². The summed E-state index contributed by atoms with van der Waals surface area (Å²) in [7, 11) is 2.07. The molecular formula is C18H30N2O. The van der Waals surface area contributed by atoms with Crippen molar-refractivity contribution in [1.29, 1.82) is 0 Å². The summed E-state index contributed by atoms with van der Waals surface area (Å²) < 4.78 is 0.